The van der Waals surface area contributed by atoms with E-state index in [1.54, 1.807) is 19.1 Å². The topological polar surface area (TPSA) is 26.3 Å². The summed E-state index contributed by atoms with van der Waals surface area (Å²) in [5, 5.41) is 0. The first-order valence-corrected chi connectivity index (χ1v) is 5.12. The van der Waals surface area contributed by atoms with Crippen LogP contribution in [0, 0.1) is 0 Å². The van der Waals surface area contributed by atoms with Crippen molar-refractivity contribution >= 4 is 21.7 Å². The average molecular weight is 279 g/mol. The van der Waals surface area contributed by atoms with E-state index in [-0.39, 0.29) is 23.5 Å². The number of ketones is 1. The Labute approximate surface area is 94.4 Å². The fraction of sp³-hybridized carbons (Fsp3) is 0.300. The molecule has 0 spiro atoms. The normalized spacial score (nSPS) is 10.5. The molecule has 0 atom stereocenters. The molecule has 15 heavy (non-hydrogen) atoms. The molecular weight excluding hydrogens is 270 g/mol. The van der Waals surface area contributed by atoms with E-state index in [9.17, 15) is 13.6 Å². The highest BCUT2D eigenvalue weighted by Crippen LogP contribution is 2.31. The Morgan fingerprint density at radius 2 is 2.20 bits per heavy atom. The van der Waals surface area contributed by atoms with Crippen molar-refractivity contribution < 1.29 is 18.3 Å². The smallest absolute Gasteiger partial charge is 0.387 e. The van der Waals surface area contributed by atoms with Crippen LogP contribution in [0.15, 0.2) is 22.7 Å². The fourth-order valence-electron chi connectivity index (χ4n) is 1.13. The molecule has 0 N–H and O–H groups in total. The summed E-state index contributed by atoms with van der Waals surface area (Å²) in [6, 6.07) is 4.61. The van der Waals surface area contributed by atoms with Gasteiger partial charge in [0.1, 0.15) is 0 Å². The predicted molar refractivity (Wildman–Crippen MR) is 55.4 cm³/mol. The minimum atomic E-state index is -2.94. The molecule has 0 aliphatic rings. The molecule has 0 saturated carbocycles. The van der Waals surface area contributed by atoms with Gasteiger partial charge >= 0.3 is 6.61 Å². The van der Waals surface area contributed by atoms with Gasteiger partial charge in [-0.05, 0) is 28.1 Å². The summed E-state index contributed by atoms with van der Waals surface area (Å²) in [4.78, 5) is 11.4. The van der Waals surface area contributed by atoms with Gasteiger partial charge in [-0.3, -0.25) is 4.79 Å². The number of carbonyl (C=O) groups is 1. The second-order valence-corrected chi connectivity index (χ2v) is 3.63. The fourth-order valence-corrected chi connectivity index (χ4v) is 1.59. The molecule has 1 aromatic rings. The van der Waals surface area contributed by atoms with Crippen molar-refractivity contribution in [3.05, 3.63) is 28.2 Å². The maximum Gasteiger partial charge on any atom is 0.387 e. The molecule has 0 aromatic heterocycles. The lowest BCUT2D eigenvalue weighted by molar-refractivity contribution is -0.0506. The zero-order valence-corrected chi connectivity index (χ0v) is 9.55. The van der Waals surface area contributed by atoms with Crippen molar-refractivity contribution in [2.75, 3.05) is 0 Å². The molecule has 1 aromatic carbocycles. The van der Waals surface area contributed by atoms with E-state index >= 15 is 0 Å². The van der Waals surface area contributed by atoms with Crippen molar-refractivity contribution in [2.45, 2.75) is 20.0 Å². The largest absolute Gasteiger partial charge is 0.433 e. The number of Topliss-reactive ketones (excluding diaryl/α,β-unsaturated/α-hetero) is 1. The predicted octanol–water partition coefficient (Wildman–Crippen LogP) is 3.64. The van der Waals surface area contributed by atoms with Gasteiger partial charge in [-0.15, -0.1) is 0 Å². The molecule has 0 amide bonds. The number of hydrogen-bond acceptors (Lipinski definition) is 2. The van der Waals surface area contributed by atoms with Crippen LogP contribution < -0.4 is 4.74 Å². The van der Waals surface area contributed by atoms with Gasteiger partial charge in [-0.2, -0.15) is 8.78 Å². The van der Waals surface area contributed by atoms with E-state index in [4.69, 9.17) is 0 Å². The molecule has 0 saturated heterocycles. The zero-order valence-electron chi connectivity index (χ0n) is 7.97. The van der Waals surface area contributed by atoms with E-state index in [0.717, 1.165) is 0 Å². The summed E-state index contributed by atoms with van der Waals surface area (Å²) in [5.74, 6) is -0.327. The number of benzene rings is 1. The van der Waals surface area contributed by atoms with Crippen molar-refractivity contribution in [2.24, 2.45) is 0 Å². The standard InChI is InChI=1S/C10H9BrF2O2/c1-2-8(14)6-4-3-5-7(11)9(6)15-10(12)13/h3-5,10H,2H2,1H3. The Morgan fingerprint density at radius 1 is 1.53 bits per heavy atom. The molecule has 0 aliphatic heterocycles. The molecule has 0 heterocycles. The van der Waals surface area contributed by atoms with Crippen LogP contribution in [0.1, 0.15) is 23.7 Å². The lowest BCUT2D eigenvalue weighted by atomic mass is 10.1. The number of alkyl halides is 2. The highest BCUT2D eigenvalue weighted by molar-refractivity contribution is 9.10. The van der Waals surface area contributed by atoms with Crippen LogP contribution in [0.2, 0.25) is 0 Å². The molecule has 0 radical (unpaired) electrons. The van der Waals surface area contributed by atoms with Crippen LogP contribution in [0.5, 0.6) is 5.75 Å². The van der Waals surface area contributed by atoms with E-state index in [0.29, 0.717) is 4.47 Å². The molecule has 82 valence electrons. The third-order valence-corrected chi connectivity index (χ3v) is 2.42. The van der Waals surface area contributed by atoms with Crippen molar-refractivity contribution in [1.82, 2.24) is 0 Å². The summed E-state index contributed by atoms with van der Waals surface area (Å²) in [6.07, 6.45) is 0.246. The summed E-state index contributed by atoms with van der Waals surface area (Å²) in [5.41, 5.74) is 0.173. The molecule has 0 unspecified atom stereocenters. The monoisotopic (exact) mass is 278 g/mol. The lowest BCUT2D eigenvalue weighted by Crippen LogP contribution is -2.08. The maximum absolute atomic E-state index is 12.1. The average Bonchev–Trinajstić information content (AvgIpc) is 2.19. The number of carbonyl (C=O) groups excluding carboxylic acids is 1. The van der Waals surface area contributed by atoms with Crippen LogP contribution in [0.3, 0.4) is 0 Å². The Balaban J connectivity index is 3.14. The van der Waals surface area contributed by atoms with Gasteiger partial charge in [0.2, 0.25) is 0 Å². The van der Waals surface area contributed by atoms with E-state index in [2.05, 4.69) is 20.7 Å². The van der Waals surface area contributed by atoms with Gasteiger partial charge in [0, 0.05) is 6.42 Å². The Hall–Kier alpha value is -0.970. The molecule has 1 rings (SSSR count). The van der Waals surface area contributed by atoms with Gasteiger partial charge in [-0.25, -0.2) is 0 Å². The highest BCUT2D eigenvalue weighted by Gasteiger charge is 2.16. The quantitative estimate of drug-likeness (QED) is 0.786. The molecule has 0 bridgehead atoms. The third-order valence-electron chi connectivity index (χ3n) is 1.80. The minimum absolute atomic E-state index is 0.0978. The van der Waals surface area contributed by atoms with Crippen LogP contribution in [-0.4, -0.2) is 12.4 Å². The second kappa shape index (κ2) is 5.21. The first kappa shape index (κ1) is 12.1. The van der Waals surface area contributed by atoms with E-state index in [1.807, 2.05) is 0 Å². The van der Waals surface area contributed by atoms with Crippen molar-refractivity contribution in [3.8, 4) is 5.75 Å². The summed E-state index contributed by atoms with van der Waals surface area (Å²) >= 11 is 3.06. The first-order chi connectivity index (χ1) is 7.06. The lowest BCUT2D eigenvalue weighted by Gasteiger charge is -2.10. The van der Waals surface area contributed by atoms with Crippen molar-refractivity contribution in [1.29, 1.82) is 0 Å². The van der Waals surface area contributed by atoms with Crippen LogP contribution in [-0.2, 0) is 0 Å². The van der Waals surface area contributed by atoms with Gasteiger partial charge < -0.3 is 4.74 Å². The molecular formula is C10H9BrF2O2. The number of halogens is 3. The third kappa shape index (κ3) is 2.99. The number of ether oxygens (including phenoxy) is 1. The SMILES string of the molecule is CCC(=O)c1cccc(Br)c1OC(F)F. The number of para-hydroxylation sites is 1. The van der Waals surface area contributed by atoms with E-state index < -0.39 is 6.61 Å². The zero-order chi connectivity index (χ0) is 11.4. The Morgan fingerprint density at radius 3 is 2.73 bits per heavy atom. The van der Waals surface area contributed by atoms with Crippen LogP contribution >= 0.6 is 15.9 Å². The number of hydrogen-bond donors (Lipinski definition) is 0. The summed E-state index contributed by atoms with van der Waals surface area (Å²) in [7, 11) is 0. The molecule has 5 heteroatoms. The summed E-state index contributed by atoms with van der Waals surface area (Å²) in [6.45, 7) is -1.28. The van der Waals surface area contributed by atoms with Crippen molar-refractivity contribution in [3.63, 3.8) is 0 Å². The highest BCUT2D eigenvalue weighted by atomic mass is 79.9. The minimum Gasteiger partial charge on any atom is -0.433 e. The van der Waals surface area contributed by atoms with Gasteiger partial charge in [-0.1, -0.05) is 13.0 Å². The van der Waals surface area contributed by atoms with E-state index in [1.165, 1.54) is 6.07 Å². The molecule has 2 nitrogen and oxygen atoms in total. The van der Waals surface area contributed by atoms with Crippen LogP contribution in [0.25, 0.3) is 0 Å². The molecule has 0 aliphatic carbocycles. The molecule has 0 fully saturated rings. The Bertz CT molecular complexity index is 366. The van der Waals surface area contributed by atoms with Crippen LogP contribution in [0.4, 0.5) is 8.78 Å². The maximum atomic E-state index is 12.1. The second-order valence-electron chi connectivity index (χ2n) is 2.77. The van der Waals surface area contributed by atoms with Gasteiger partial charge in [0.15, 0.2) is 11.5 Å². The Kier molecular flexibility index (Phi) is 4.20. The van der Waals surface area contributed by atoms with Gasteiger partial charge in [0.25, 0.3) is 0 Å². The summed E-state index contributed by atoms with van der Waals surface area (Å²) < 4.78 is 28.8. The van der Waals surface area contributed by atoms with Gasteiger partial charge in [0.05, 0.1) is 10.0 Å². The first-order valence-electron chi connectivity index (χ1n) is 4.32. The number of rotatable bonds is 4.